The number of hydrogen-bond acceptors (Lipinski definition) is 6. The number of ether oxygens (including phenoxy) is 1. The van der Waals surface area contributed by atoms with Crippen LogP contribution in [0.1, 0.15) is 16.1 Å². The van der Waals surface area contributed by atoms with Gasteiger partial charge in [-0.05, 0) is 6.07 Å². The van der Waals surface area contributed by atoms with E-state index in [9.17, 15) is 22.8 Å². The highest BCUT2D eigenvalue weighted by molar-refractivity contribution is 7.92. The molecule has 0 saturated carbocycles. The maximum absolute atomic E-state index is 12.2. The number of nitrogens with one attached hydrogen (secondary N) is 1. The van der Waals surface area contributed by atoms with E-state index in [-0.39, 0.29) is 17.4 Å². The van der Waals surface area contributed by atoms with Crippen LogP contribution in [0.25, 0.3) is 0 Å². The van der Waals surface area contributed by atoms with Gasteiger partial charge in [0.2, 0.25) is 11.7 Å². The Labute approximate surface area is 137 Å². The summed E-state index contributed by atoms with van der Waals surface area (Å²) in [4.78, 5) is 37.4. The fourth-order valence-electron chi connectivity index (χ4n) is 1.93. The molecular weight excluding hydrogens is 338 g/mol. The molecule has 126 valence electrons. The average molecular weight is 351 g/mol. The quantitative estimate of drug-likeness (QED) is 0.444. The average Bonchev–Trinajstić information content (AvgIpc) is 2.93. The lowest BCUT2D eigenvalue weighted by Crippen LogP contribution is -2.40. The van der Waals surface area contributed by atoms with Gasteiger partial charge in [-0.1, -0.05) is 30.3 Å². The van der Waals surface area contributed by atoms with Gasteiger partial charge in [0.05, 0.1) is 5.69 Å². The highest BCUT2D eigenvalue weighted by Crippen LogP contribution is 2.16. The minimum atomic E-state index is -4.19. The Bertz CT molecular complexity index is 884. The molecule has 0 aliphatic rings. The predicted octanol–water partition coefficient (Wildman–Crippen LogP) is 0.649. The number of rotatable bonds is 6. The normalized spacial score (nSPS) is 12.4. The monoisotopic (exact) mass is 351 g/mol. The molecule has 1 aromatic heterocycles. The van der Waals surface area contributed by atoms with Gasteiger partial charge in [0.15, 0.2) is 9.84 Å². The van der Waals surface area contributed by atoms with E-state index in [2.05, 4.69) is 4.98 Å². The van der Waals surface area contributed by atoms with Crippen LogP contribution in [0.15, 0.2) is 42.5 Å². The van der Waals surface area contributed by atoms with Crippen molar-refractivity contribution in [1.29, 1.82) is 0 Å². The summed E-state index contributed by atoms with van der Waals surface area (Å²) in [7, 11) is -4.19. The van der Waals surface area contributed by atoms with Gasteiger partial charge in [-0.25, -0.2) is 13.2 Å². The van der Waals surface area contributed by atoms with Crippen molar-refractivity contribution in [1.82, 2.24) is 4.98 Å². The summed E-state index contributed by atoms with van der Waals surface area (Å²) in [5, 5.41) is 6.52. The van der Waals surface area contributed by atoms with E-state index in [1.165, 1.54) is 12.1 Å². The van der Waals surface area contributed by atoms with Gasteiger partial charge in [0.1, 0.15) is 0 Å². The smallest absolute Gasteiger partial charge is 0.342 e. The molecule has 2 N–H and O–H groups in total. The van der Waals surface area contributed by atoms with E-state index in [1.54, 1.807) is 30.3 Å². The third-order valence-electron chi connectivity index (χ3n) is 3.02. The van der Waals surface area contributed by atoms with Crippen LogP contribution < -0.4 is 4.74 Å². The van der Waals surface area contributed by atoms with Crippen molar-refractivity contribution < 1.29 is 32.6 Å². The number of ketones is 1. The summed E-state index contributed by atoms with van der Waals surface area (Å²) < 4.78 is 27.4. The van der Waals surface area contributed by atoms with Gasteiger partial charge < -0.3 is 14.8 Å². The molecule has 0 radical (unpaired) electrons. The van der Waals surface area contributed by atoms with Crippen LogP contribution in [0.3, 0.4) is 0 Å². The number of carboxylic acids is 1. The molecule has 2 aromatic rings. The van der Waals surface area contributed by atoms with Gasteiger partial charge in [0, 0.05) is 17.9 Å². The summed E-state index contributed by atoms with van der Waals surface area (Å²) >= 11 is 0. The number of aromatic amines is 1. The lowest BCUT2D eigenvalue weighted by atomic mass is 10.1. The Morgan fingerprint density at radius 1 is 1.08 bits per heavy atom. The van der Waals surface area contributed by atoms with Gasteiger partial charge in [0.25, 0.3) is 5.25 Å². The number of benzene rings is 1. The van der Waals surface area contributed by atoms with Crippen molar-refractivity contribution in [2.75, 3.05) is 6.26 Å². The Balaban J connectivity index is 2.18. The number of carbonyl (C=O) groups is 3. The van der Waals surface area contributed by atoms with Crippen LogP contribution in [-0.2, 0) is 19.4 Å². The molecule has 9 heteroatoms. The standard InChI is InChI=1S/C15H13NO7S/c1-24(21,22)13(14(18)19)15(20)23-11-8-7-10(16-11)12(17)9-5-3-2-4-6-9/h2-8,13,16H,1H3,(H,18,19). The first-order valence-corrected chi connectivity index (χ1v) is 8.57. The molecule has 24 heavy (non-hydrogen) atoms. The highest BCUT2D eigenvalue weighted by atomic mass is 32.2. The van der Waals surface area contributed by atoms with E-state index in [4.69, 9.17) is 9.84 Å². The predicted molar refractivity (Wildman–Crippen MR) is 82.6 cm³/mol. The fourth-order valence-corrected chi connectivity index (χ4v) is 2.70. The largest absolute Gasteiger partial charge is 0.480 e. The number of aliphatic carboxylic acids is 1. The summed E-state index contributed by atoms with van der Waals surface area (Å²) in [5.41, 5.74) is 0.506. The number of esters is 1. The van der Waals surface area contributed by atoms with Gasteiger partial charge >= 0.3 is 11.9 Å². The molecule has 0 saturated heterocycles. The first-order valence-electron chi connectivity index (χ1n) is 6.62. The molecule has 1 atom stereocenters. The van der Waals surface area contributed by atoms with Gasteiger partial charge in [-0.15, -0.1) is 0 Å². The summed E-state index contributed by atoms with van der Waals surface area (Å²) in [6.45, 7) is 0. The number of aromatic nitrogens is 1. The zero-order valence-electron chi connectivity index (χ0n) is 12.4. The van der Waals surface area contributed by atoms with Gasteiger partial charge in [-0.2, -0.15) is 0 Å². The van der Waals surface area contributed by atoms with Crippen molar-refractivity contribution in [2.24, 2.45) is 0 Å². The van der Waals surface area contributed by atoms with Crippen molar-refractivity contribution in [2.45, 2.75) is 5.25 Å². The fraction of sp³-hybridized carbons (Fsp3) is 0.133. The van der Waals surface area contributed by atoms with Crippen molar-refractivity contribution in [3.63, 3.8) is 0 Å². The van der Waals surface area contributed by atoms with E-state index in [1.807, 2.05) is 0 Å². The lowest BCUT2D eigenvalue weighted by molar-refractivity contribution is -0.145. The number of carboxylic acid groups (broad SMARTS) is 1. The second-order valence-electron chi connectivity index (χ2n) is 4.90. The van der Waals surface area contributed by atoms with Crippen molar-refractivity contribution in [3.05, 3.63) is 53.7 Å². The van der Waals surface area contributed by atoms with Crippen molar-refractivity contribution >= 4 is 27.6 Å². The van der Waals surface area contributed by atoms with Crippen molar-refractivity contribution in [3.8, 4) is 5.88 Å². The molecule has 8 nitrogen and oxygen atoms in total. The van der Waals surface area contributed by atoms with Crippen LogP contribution in [0.5, 0.6) is 5.88 Å². The maximum Gasteiger partial charge on any atom is 0.342 e. The molecule has 2 rings (SSSR count). The molecule has 0 bridgehead atoms. The molecule has 0 fully saturated rings. The lowest BCUT2D eigenvalue weighted by Gasteiger charge is -2.08. The minimum absolute atomic E-state index is 0.107. The van der Waals surface area contributed by atoms with E-state index >= 15 is 0 Å². The van der Waals surface area contributed by atoms with Crippen LogP contribution in [0.4, 0.5) is 0 Å². The maximum atomic E-state index is 12.2. The SMILES string of the molecule is CS(=O)(=O)C(C(=O)O)C(=O)Oc1ccc(C(=O)c2ccccc2)[nH]1. The first-order chi connectivity index (χ1) is 11.2. The van der Waals surface area contributed by atoms with E-state index in [0.29, 0.717) is 11.8 Å². The summed E-state index contributed by atoms with van der Waals surface area (Å²) in [6, 6.07) is 10.9. The second-order valence-corrected chi connectivity index (χ2v) is 7.03. The van der Waals surface area contributed by atoms with Crippen LogP contribution in [0, 0.1) is 0 Å². The first kappa shape index (κ1) is 17.4. The zero-order chi connectivity index (χ0) is 17.9. The Morgan fingerprint density at radius 3 is 2.25 bits per heavy atom. The van der Waals surface area contributed by atoms with E-state index in [0.717, 1.165) is 0 Å². The highest BCUT2D eigenvalue weighted by Gasteiger charge is 2.38. The minimum Gasteiger partial charge on any atom is -0.480 e. The molecule has 0 aliphatic carbocycles. The van der Waals surface area contributed by atoms with Crippen LogP contribution in [-0.4, -0.2) is 47.7 Å². The molecule has 0 aliphatic heterocycles. The Hall–Kier alpha value is -2.94. The van der Waals surface area contributed by atoms with Crippen LogP contribution in [0.2, 0.25) is 0 Å². The Morgan fingerprint density at radius 2 is 1.71 bits per heavy atom. The Kier molecular flexibility index (Phi) is 4.84. The number of H-pyrrole nitrogens is 1. The molecule has 1 aromatic carbocycles. The van der Waals surface area contributed by atoms with Gasteiger partial charge in [-0.3, -0.25) is 9.59 Å². The van der Waals surface area contributed by atoms with E-state index < -0.39 is 27.0 Å². The number of sulfone groups is 1. The number of carbonyl (C=O) groups excluding carboxylic acids is 2. The van der Waals surface area contributed by atoms with Crippen LogP contribution >= 0.6 is 0 Å². The third kappa shape index (κ3) is 3.87. The zero-order valence-corrected chi connectivity index (χ0v) is 13.2. The third-order valence-corrected chi connectivity index (χ3v) is 4.27. The molecule has 0 amide bonds. The summed E-state index contributed by atoms with van der Waals surface area (Å²) in [5.74, 6) is -3.90. The topological polar surface area (TPSA) is 131 Å². The molecule has 1 unspecified atom stereocenters. The number of hydrogen-bond donors (Lipinski definition) is 2. The molecular formula is C15H13NO7S. The second kappa shape index (κ2) is 6.67. The molecule has 0 spiro atoms. The summed E-state index contributed by atoms with van der Waals surface area (Å²) in [6.07, 6.45) is 0.617. The molecule has 1 heterocycles.